The molecule has 0 unspecified atom stereocenters. The molecule has 3 heteroatoms. The average Bonchev–Trinajstić information content (AvgIpc) is 1.91. The predicted octanol–water partition coefficient (Wildman–Crippen LogP) is -0.295. The molecule has 0 aliphatic carbocycles. The highest BCUT2D eigenvalue weighted by Crippen LogP contribution is 1.98. The summed E-state index contributed by atoms with van der Waals surface area (Å²) in [5.41, 5.74) is 0. The topological polar surface area (TPSA) is 33.3 Å². The fourth-order valence-electron chi connectivity index (χ4n) is 0.810. The molecular weight excluding hydrogens is 116 g/mol. The lowest BCUT2D eigenvalue weighted by molar-refractivity contribution is 0.0920. The molecule has 0 amide bonds. The molecule has 0 aromatic carbocycles. The lowest BCUT2D eigenvalue weighted by atomic mass is 10.4. The Morgan fingerprint density at radius 3 is 3.22 bits per heavy atom. The molecule has 1 radical (unpaired) electrons. The second-order valence-corrected chi connectivity index (χ2v) is 1.98. The second-order valence-electron chi connectivity index (χ2n) is 1.98. The van der Waals surface area contributed by atoms with E-state index in [1.807, 2.05) is 0 Å². The largest absolute Gasteiger partial charge is 0.353 e. The van der Waals surface area contributed by atoms with Crippen molar-refractivity contribution in [1.29, 1.82) is 0 Å². The molecule has 1 rings (SSSR count). The molecule has 1 heterocycles. The minimum absolute atomic E-state index is 0.794. The lowest BCUT2D eigenvalue weighted by Gasteiger charge is -2.22. The van der Waals surface area contributed by atoms with Crippen LogP contribution in [0.25, 0.3) is 0 Å². The van der Waals surface area contributed by atoms with Crippen molar-refractivity contribution in [2.24, 2.45) is 0 Å². The van der Waals surface area contributed by atoms with Gasteiger partial charge in [-0.05, 0) is 6.54 Å². The minimum atomic E-state index is 0.794. The zero-order chi connectivity index (χ0) is 6.53. The van der Waals surface area contributed by atoms with Crippen LogP contribution in [-0.2, 0) is 4.74 Å². The van der Waals surface area contributed by atoms with E-state index in [0.717, 1.165) is 32.5 Å². The van der Waals surface area contributed by atoms with Gasteiger partial charge in [-0.1, -0.05) is 6.92 Å². The SMILES string of the molecule is CCN[C]1CNCCO1. The van der Waals surface area contributed by atoms with Gasteiger partial charge in [0.1, 0.15) is 0 Å². The van der Waals surface area contributed by atoms with Crippen LogP contribution in [0, 0.1) is 6.23 Å². The molecule has 0 atom stereocenters. The lowest BCUT2D eigenvalue weighted by Crippen LogP contribution is -2.40. The Balaban J connectivity index is 2.08. The maximum atomic E-state index is 5.26. The number of morpholine rings is 1. The molecule has 1 fully saturated rings. The Morgan fingerprint density at radius 1 is 1.78 bits per heavy atom. The molecule has 0 saturated carbocycles. The van der Waals surface area contributed by atoms with Gasteiger partial charge in [-0.15, -0.1) is 0 Å². The Kier molecular flexibility index (Phi) is 2.97. The second kappa shape index (κ2) is 3.82. The van der Waals surface area contributed by atoms with Crippen molar-refractivity contribution in [2.75, 3.05) is 26.2 Å². The van der Waals surface area contributed by atoms with Crippen molar-refractivity contribution < 1.29 is 4.74 Å². The van der Waals surface area contributed by atoms with Gasteiger partial charge in [-0.2, -0.15) is 0 Å². The van der Waals surface area contributed by atoms with Gasteiger partial charge in [0.2, 0.25) is 0 Å². The van der Waals surface area contributed by atoms with Crippen LogP contribution >= 0.6 is 0 Å². The van der Waals surface area contributed by atoms with E-state index >= 15 is 0 Å². The first kappa shape index (κ1) is 6.99. The maximum Gasteiger partial charge on any atom is 0.175 e. The van der Waals surface area contributed by atoms with E-state index in [4.69, 9.17) is 4.74 Å². The highest BCUT2D eigenvalue weighted by Gasteiger charge is 2.11. The van der Waals surface area contributed by atoms with Gasteiger partial charge in [0.05, 0.1) is 6.61 Å². The average molecular weight is 129 g/mol. The molecule has 0 aromatic rings. The first-order valence-corrected chi connectivity index (χ1v) is 3.36. The summed E-state index contributed by atoms with van der Waals surface area (Å²) in [6, 6.07) is 0. The summed E-state index contributed by atoms with van der Waals surface area (Å²) >= 11 is 0. The van der Waals surface area contributed by atoms with Crippen LogP contribution in [0.3, 0.4) is 0 Å². The summed E-state index contributed by atoms with van der Waals surface area (Å²) in [6.07, 6.45) is 0.976. The quantitative estimate of drug-likeness (QED) is 0.537. The number of ether oxygens (including phenoxy) is 1. The molecule has 1 saturated heterocycles. The van der Waals surface area contributed by atoms with Gasteiger partial charge >= 0.3 is 0 Å². The van der Waals surface area contributed by atoms with E-state index < -0.39 is 0 Å². The normalized spacial score (nSPS) is 22.3. The fourth-order valence-corrected chi connectivity index (χ4v) is 0.810. The van der Waals surface area contributed by atoms with E-state index in [1.54, 1.807) is 0 Å². The Bertz CT molecular complexity index is 68.7. The standard InChI is InChI=1S/C6H13N2O/c1-2-8-6-5-7-3-4-9-6/h7-8H,2-5H2,1H3. The molecule has 9 heavy (non-hydrogen) atoms. The van der Waals surface area contributed by atoms with Crippen molar-refractivity contribution in [3.05, 3.63) is 6.23 Å². The van der Waals surface area contributed by atoms with Crippen LogP contribution in [0.2, 0.25) is 0 Å². The van der Waals surface area contributed by atoms with E-state index in [9.17, 15) is 0 Å². The Labute approximate surface area is 55.8 Å². The minimum Gasteiger partial charge on any atom is -0.353 e. The Morgan fingerprint density at radius 2 is 2.67 bits per heavy atom. The van der Waals surface area contributed by atoms with Gasteiger partial charge in [-0.25, -0.2) is 0 Å². The molecule has 1 aliphatic rings. The van der Waals surface area contributed by atoms with Crippen LogP contribution in [-0.4, -0.2) is 26.2 Å². The summed E-state index contributed by atoms with van der Waals surface area (Å²) in [6.45, 7) is 5.62. The van der Waals surface area contributed by atoms with Crippen molar-refractivity contribution in [2.45, 2.75) is 6.92 Å². The van der Waals surface area contributed by atoms with Crippen LogP contribution in [0.4, 0.5) is 0 Å². The molecule has 53 valence electrons. The number of likely N-dealkylation sites (N-methyl/N-ethyl adjacent to an activating group) is 1. The third-order valence-corrected chi connectivity index (χ3v) is 1.21. The van der Waals surface area contributed by atoms with E-state index in [2.05, 4.69) is 17.6 Å². The van der Waals surface area contributed by atoms with Gasteiger partial charge in [0, 0.05) is 13.1 Å². The molecule has 0 bridgehead atoms. The molecule has 2 N–H and O–H groups in total. The van der Waals surface area contributed by atoms with E-state index in [1.165, 1.54) is 0 Å². The predicted molar refractivity (Wildman–Crippen MR) is 35.7 cm³/mol. The van der Waals surface area contributed by atoms with Gasteiger partial charge < -0.3 is 10.1 Å². The molecule has 3 nitrogen and oxygen atoms in total. The highest BCUT2D eigenvalue weighted by molar-refractivity contribution is 4.80. The van der Waals surface area contributed by atoms with Crippen molar-refractivity contribution >= 4 is 0 Å². The number of rotatable bonds is 2. The summed E-state index contributed by atoms with van der Waals surface area (Å²) in [5.74, 6) is 0. The zero-order valence-corrected chi connectivity index (χ0v) is 5.74. The molecular formula is C6H13N2O. The van der Waals surface area contributed by atoms with Crippen LogP contribution in [0.15, 0.2) is 0 Å². The number of hydrogen-bond donors (Lipinski definition) is 2. The summed E-state index contributed by atoms with van der Waals surface area (Å²) in [4.78, 5) is 0. The molecule has 0 aromatic heterocycles. The summed E-state index contributed by atoms with van der Waals surface area (Å²) in [5, 5.41) is 6.31. The summed E-state index contributed by atoms with van der Waals surface area (Å²) < 4.78 is 5.26. The first-order chi connectivity index (χ1) is 4.43. The van der Waals surface area contributed by atoms with Gasteiger partial charge in [0.15, 0.2) is 6.23 Å². The summed E-state index contributed by atoms with van der Waals surface area (Å²) in [7, 11) is 0. The van der Waals surface area contributed by atoms with Crippen LogP contribution < -0.4 is 10.6 Å². The van der Waals surface area contributed by atoms with Crippen molar-refractivity contribution in [1.82, 2.24) is 10.6 Å². The van der Waals surface area contributed by atoms with Crippen molar-refractivity contribution in [3.8, 4) is 0 Å². The van der Waals surface area contributed by atoms with E-state index in [0.29, 0.717) is 0 Å². The number of nitrogens with one attached hydrogen (secondary N) is 2. The first-order valence-electron chi connectivity index (χ1n) is 3.36. The monoisotopic (exact) mass is 129 g/mol. The third kappa shape index (κ3) is 2.30. The molecule has 0 spiro atoms. The maximum absolute atomic E-state index is 5.26. The third-order valence-electron chi connectivity index (χ3n) is 1.21. The highest BCUT2D eigenvalue weighted by atomic mass is 16.5. The van der Waals surface area contributed by atoms with E-state index in [-0.39, 0.29) is 0 Å². The Hall–Kier alpha value is -0.120. The number of hydrogen-bond acceptors (Lipinski definition) is 3. The van der Waals surface area contributed by atoms with Gasteiger partial charge in [0.25, 0.3) is 0 Å². The zero-order valence-electron chi connectivity index (χ0n) is 5.74. The van der Waals surface area contributed by atoms with Crippen LogP contribution in [0.5, 0.6) is 0 Å². The molecule has 1 aliphatic heterocycles. The van der Waals surface area contributed by atoms with Crippen molar-refractivity contribution in [3.63, 3.8) is 0 Å². The fraction of sp³-hybridized carbons (Fsp3) is 0.833. The van der Waals surface area contributed by atoms with Gasteiger partial charge in [-0.3, -0.25) is 5.32 Å². The smallest absolute Gasteiger partial charge is 0.175 e. The van der Waals surface area contributed by atoms with Crippen LogP contribution in [0.1, 0.15) is 6.92 Å².